The molecule has 5 heteroatoms. The molecule has 1 fully saturated rings. The van der Waals surface area contributed by atoms with Gasteiger partial charge in [-0.3, -0.25) is 4.79 Å². The molecule has 0 spiro atoms. The van der Waals surface area contributed by atoms with Gasteiger partial charge in [-0.2, -0.15) is 0 Å². The largest absolute Gasteiger partial charge is 0.334 e. The molecule has 0 atom stereocenters. The molecule has 0 unspecified atom stereocenters. The molecule has 1 saturated carbocycles. The van der Waals surface area contributed by atoms with Crippen molar-refractivity contribution in [2.24, 2.45) is 0 Å². The Labute approximate surface area is 128 Å². The summed E-state index contributed by atoms with van der Waals surface area (Å²) < 4.78 is 13.9. The molecule has 0 saturated heterocycles. The monoisotopic (exact) mass is 317 g/mol. The molecule has 2 nitrogen and oxygen atoms in total. The van der Waals surface area contributed by atoms with Gasteiger partial charge in [0, 0.05) is 18.5 Å². The Morgan fingerprint density at radius 1 is 1.30 bits per heavy atom. The number of hydrogen-bond donors (Lipinski definition) is 0. The lowest BCUT2D eigenvalue weighted by atomic mass is 9.93. The molecule has 110 valence electrons. The standard InChI is InChI=1S/C15H18Cl2FNO/c16-9-10-19(11-5-2-1-3-6-11)15(20)14-12(17)7-4-8-13(14)18/h4,7-8,11H,1-3,5-6,9-10H2. The van der Waals surface area contributed by atoms with Crippen molar-refractivity contribution in [3.63, 3.8) is 0 Å². The second kappa shape index (κ2) is 7.28. The van der Waals surface area contributed by atoms with Crippen LogP contribution in [-0.4, -0.2) is 29.3 Å². The minimum Gasteiger partial charge on any atom is -0.334 e. The lowest BCUT2D eigenvalue weighted by Crippen LogP contribution is -2.43. The first-order valence-corrected chi connectivity index (χ1v) is 7.87. The van der Waals surface area contributed by atoms with E-state index in [-0.39, 0.29) is 22.5 Å². The summed E-state index contributed by atoms with van der Waals surface area (Å²) in [6.07, 6.45) is 5.30. The SMILES string of the molecule is O=C(c1c(F)cccc1Cl)N(CCCl)C1CCCCC1. The highest BCUT2D eigenvalue weighted by molar-refractivity contribution is 6.33. The number of halogens is 3. The third kappa shape index (κ3) is 3.44. The van der Waals surface area contributed by atoms with Crippen LogP contribution in [0.25, 0.3) is 0 Å². The fourth-order valence-corrected chi connectivity index (χ4v) is 3.21. The molecular formula is C15H18Cl2FNO. The number of hydrogen-bond acceptors (Lipinski definition) is 1. The first kappa shape index (κ1) is 15.6. The second-order valence-electron chi connectivity index (χ2n) is 5.08. The summed E-state index contributed by atoms with van der Waals surface area (Å²) in [6.45, 7) is 0.426. The summed E-state index contributed by atoms with van der Waals surface area (Å²) in [5.74, 6) is -0.576. The van der Waals surface area contributed by atoms with E-state index in [1.807, 2.05) is 0 Å². The predicted molar refractivity (Wildman–Crippen MR) is 80.0 cm³/mol. The van der Waals surface area contributed by atoms with E-state index in [0.717, 1.165) is 25.7 Å². The summed E-state index contributed by atoms with van der Waals surface area (Å²) >= 11 is 11.8. The first-order valence-electron chi connectivity index (χ1n) is 6.96. The Bertz CT molecular complexity index is 455. The maximum absolute atomic E-state index is 13.9. The van der Waals surface area contributed by atoms with Crippen LogP contribution in [0.3, 0.4) is 0 Å². The Morgan fingerprint density at radius 2 is 2.00 bits per heavy atom. The molecule has 2 rings (SSSR count). The van der Waals surface area contributed by atoms with Crippen LogP contribution in [-0.2, 0) is 0 Å². The quantitative estimate of drug-likeness (QED) is 0.749. The molecule has 20 heavy (non-hydrogen) atoms. The van der Waals surface area contributed by atoms with E-state index in [9.17, 15) is 9.18 Å². The zero-order valence-corrected chi connectivity index (χ0v) is 12.8. The Morgan fingerprint density at radius 3 is 2.60 bits per heavy atom. The lowest BCUT2D eigenvalue weighted by molar-refractivity contribution is 0.0645. The number of amides is 1. The highest BCUT2D eigenvalue weighted by atomic mass is 35.5. The molecular weight excluding hydrogens is 300 g/mol. The molecule has 1 aliphatic carbocycles. The summed E-state index contributed by atoms with van der Waals surface area (Å²) in [5, 5.41) is 0.158. The predicted octanol–water partition coefficient (Wildman–Crippen LogP) is 4.49. The first-order chi connectivity index (χ1) is 9.65. The van der Waals surface area contributed by atoms with E-state index >= 15 is 0 Å². The topological polar surface area (TPSA) is 20.3 Å². The summed E-state index contributed by atoms with van der Waals surface area (Å²) in [6, 6.07) is 4.45. The van der Waals surface area contributed by atoms with Crippen molar-refractivity contribution in [2.75, 3.05) is 12.4 Å². The van der Waals surface area contributed by atoms with Crippen molar-refractivity contribution in [1.29, 1.82) is 0 Å². The lowest BCUT2D eigenvalue weighted by Gasteiger charge is -2.34. The number of carbonyl (C=O) groups excluding carboxylic acids is 1. The van der Waals surface area contributed by atoms with Gasteiger partial charge in [0.25, 0.3) is 5.91 Å². The van der Waals surface area contributed by atoms with Gasteiger partial charge < -0.3 is 4.90 Å². The fraction of sp³-hybridized carbons (Fsp3) is 0.533. The number of rotatable bonds is 4. The average Bonchev–Trinajstić information content (AvgIpc) is 2.45. The average molecular weight is 318 g/mol. The summed E-state index contributed by atoms with van der Waals surface area (Å²) in [5.41, 5.74) is -0.0372. The molecule has 0 bridgehead atoms. The van der Waals surface area contributed by atoms with Gasteiger partial charge in [0.2, 0.25) is 0 Å². The van der Waals surface area contributed by atoms with Crippen LogP contribution < -0.4 is 0 Å². The molecule has 0 radical (unpaired) electrons. The van der Waals surface area contributed by atoms with E-state index in [4.69, 9.17) is 23.2 Å². The Kier molecular flexibility index (Phi) is 5.67. The molecule has 1 aromatic carbocycles. The van der Waals surface area contributed by atoms with Gasteiger partial charge in [-0.15, -0.1) is 11.6 Å². The van der Waals surface area contributed by atoms with E-state index in [0.29, 0.717) is 12.4 Å². The molecule has 0 N–H and O–H groups in total. The zero-order chi connectivity index (χ0) is 14.5. The van der Waals surface area contributed by atoms with E-state index < -0.39 is 5.82 Å². The van der Waals surface area contributed by atoms with Gasteiger partial charge in [0.05, 0.1) is 10.6 Å². The minimum absolute atomic E-state index is 0.0372. The Balaban J connectivity index is 2.26. The maximum atomic E-state index is 13.9. The zero-order valence-electron chi connectivity index (χ0n) is 11.2. The number of benzene rings is 1. The van der Waals surface area contributed by atoms with Crippen LogP contribution in [0, 0.1) is 5.82 Å². The van der Waals surface area contributed by atoms with E-state index in [2.05, 4.69) is 0 Å². The third-order valence-electron chi connectivity index (χ3n) is 3.78. The number of nitrogens with zero attached hydrogens (tertiary/aromatic N) is 1. The van der Waals surface area contributed by atoms with Crippen LogP contribution >= 0.6 is 23.2 Å². The van der Waals surface area contributed by atoms with Crippen molar-refractivity contribution in [2.45, 2.75) is 38.1 Å². The van der Waals surface area contributed by atoms with Gasteiger partial charge >= 0.3 is 0 Å². The number of alkyl halides is 1. The van der Waals surface area contributed by atoms with Gasteiger partial charge in [-0.05, 0) is 25.0 Å². The summed E-state index contributed by atoms with van der Waals surface area (Å²) in [7, 11) is 0. The molecule has 0 aromatic heterocycles. The highest BCUT2D eigenvalue weighted by Crippen LogP contribution is 2.27. The molecule has 1 aliphatic rings. The summed E-state index contributed by atoms with van der Waals surface area (Å²) in [4.78, 5) is 14.3. The molecule has 1 amide bonds. The fourth-order valence-electron chi connectivity index (χ4n) is 2.78. The Hall–Kier alpha value is -0.800. The van der Waals surface area contributed by atoms with Crippen LogP contribution in [0.1, 0.15) is 42.5 Å². The highest BCUT2D eigenvalue weighted by Gasteiger charge is 2.28. The van der Waals surface area contributed by atoms with E-state index in [1.165, 1.54) is 24.6 Å². The minimum atomic E-state index is -0.571. The third-order valence-corrected chi connectivity index (χ3v) is 4.26. The van der Waals surface area contributed by atoms with Crippen molar-refractivity contribution in [3.8, 4) is 0 Å². The van der Waals surface area contributed by atoms with Crippen molar-refractivity contribution >= 4 is 29.1 Å². The van der Waals surface area contributed by atoms with E-state index in [1.54, 1.807) is 4.90 Å². The van der Waals surface area contributed by atoms with Crippen LogP contribution in [0.15, 0.2) is 18.2 Å². The van der Waals surface area contributed by atoms with Crippen molar-refractivity contribution in [1.82, 2.24) is 4.90 Å². The van der Waals surface area contributed by atoms with Crippen LogP contribution in [0.5, 0.6) is 0 Å². The van der Waals surface area contributed by atoms with Crippen LogP contribution in [0.2, 0.25) is 5.02 Å². The molecule has 0 aliphatic heterocycles. The van der Waals surface area contributed by atoms with Crippen LogP contribution in [0.4, 0.5) is 4.39 Å². The van der Waals surface area contributed by atoms with Gasteiger partial charge in [-0.1, -0.05) is 36.9 Å². The van der Waals surface area contributed by atoms with Gasteiger partial charge in [0.15, 0.2) is 0 Å². The smallest absolute Gasteiger partial charge is 0.258 e. The normalized spacial score (nSPS) is 16.1. The van der Waals surface area contributed by atoms with Crippen molar-refractivity contribution in [3.05, 3.63) is 34.6 Å². The number of carbonyl (C=O) groups is 1. The maximum Gasteiger partial charge on any atom is 0.258 e. The molecule has 0 heterocycles. The second-order valence-corrected chi connectivity index (χ2v) is 5.86. The van der Waals surface area contributed by atoms with Gasteiger partial charge in [0.1, 0.15) is 5.82 Å². The van der Waals surface area contributed by atoms with Gasteiger partial charge in [-0.25, -0.2) is 4.39 Å². The molecule has 1 aromatic rings. The van der Waals surface area contributed by atoms with Crippen molar-refractivity contribution < 1.29 is 9.18 Å².